The molecular weight excluding hydrogens is 242 g/mol. The molecule has 1 unspecified atom stereocenters. The van der Waals surface area contributed by atoms with Gasteiger partial charge in [0.2, 0.25) is 0 Å². The summed E-state index contributed by atoms with van der Waals surface area (Å²) >= 11 is 0. The van der Waals surface area contributed by atoms with E-state index in [9.17, 15) is 0 Å². The fourth-order valence-corrected chi connectivity index (χ4v) is 1.84. The monoisotopic (exact) mass is 267 g/mol. The van der Waals surface area contributed by atoms with Crippen molar-refractivity contribution in [3.8, 4) is 0 Å². The highest BCUT2D eigenvalue weighted by atomic mass is 16.5. The fraction of sp³-hybridized carbons (Fsp3) is 0.692. The molecule has 0 fully saturated rings. The number of nitrogens with two attached hydrogens (primary N) is 1. The van der Waals surface area contributed by atoms with Crippen LogP contribution in [0.3, 0.4) is 0 Å². The molecule has 1 rings (SSSR count). The average Bonchev–Trinajstić information content (AvgIpc) is 2.44. The number of nitrogens with zero attached hydrogens (tertiary/aromatic N) is 2. The van der Waals surface area contributed by atoms with E-state index >= 15 is 0 Å². The zero-order valence-corrected chi connectivity index (χ0v) is 12.1. The van der Waals surface area contributed by atoms with Gasteiger partial charge in [0.25, 0.3) is 0 Å². The summed E-state index contributed by atoms with van der Waals surface area (Å²) in [5, 5.41) is 3.42. The van der Waals surface area contributed by atoms with Crippen molar-refractivity contribution in [1.29, 1.82) is 0 Å². The largest absolute Gasteiger partial charge is 0.374 e. The lowest BCUT2D eigenvalue weighted by Gasteiger charge is -2.17. The van der Waals surface area contributed by atoms with Gasteiger partial charge in [-0.1, -0.05) is 20.3 Å². The number of hydrogen-bond donors (Lipinski definition) is 3. The third kappa shape index (κ3) is 5.40. The van der Waals surface area contributed by atoms with Crippen molar-refractivity contribution in [2.75, 3.05) is 17.3 Å². The van der Waals surface area contributed by atoms with Gasteiger partial charge in [-0.2, -0.15) is 0 Å². The number of nitrogens with one attached hydrogen (secondary N) is 2. The van der Waals surface area contributed by atoms with E-state index in [-0.39, 0.29) is 0 Å². The first-order valence-corrected chi connectivity index (χ1v) is 6.92. The Balaban J connectivity index is 2.80. The summed E-state index contributed by atoms with van der Waals surface area (Å²) < 4.78 is 5.33. The Morgan fingerprint density at radius 1 is 1.26 bits per heavy atom. The van der Waals surface area contributed by atoms with Crippen LogP contribution in [0.1, 0.15) is 45.9 Å². The third-order valence-electron chi connectivity index (χ3n) is 2.84. The van der Waals surface area contributed by atoms with Crippen LogP contribution in [0.2, 0.25) is 0 Å². The van der Waals surface area contributed by atoms with Crippen molar-refractivity contribution >= 4 is 11.6 Å². The van der Waals surface area contributed by atoms with Gasteiger partial charge in [-0.05, 0) is 19.8 Å². The Bertz CT molecular complexity index is 372. The number of hydrazine groups is 1. The molecule has 0 spiro atoms. The van der Waals surface area contributed by atoms with Crippen LogP contribution in [0.4, 0.5) is 11.6 Å². The van der Waals surface area contributed by atoms with Crippen molar-refractivity contribution in [2.24, 2.45) is 5.84 Å². The second-order valence-electron chi connectivity index (χ2n) is 4.37. The van der Waals surface area contributed by atoms with Gasteiger partial charge >= 0.3 is 0 Å². The summed E-state index contributed by atoms with van der Waals surface area (Å²) in [6.07, 6.45) is 3.32. The molecule has 1 aromatic heterocycles. The number of nitrogen functional groups attached to an aromatic ring is 1. The van der Waals surface area contributed by atoms with Crippen molar-refractivity contribution in [2.45, 2.75) is 52.7 Å². The molecule has 6 nitrogen and oxygen atoms in total. The van der Waals surface area contributed by atoms with Crippen LogP contribution in [0.5, 0.6) is 0 Å². The van der Waals surface area contributed by atoms with E-state index in [1.54, 1.807) is 0 Å². The van der Waals surface area contributed by atoms with E-state index in [1.165, 1.54) is 0 Å². The maximum absolute atomic E-state index is 5.43. The summed E-state index contributed by atoms with van der Waals surface area (Å²) in [6.45, 7) is 7.32. The first-order chi connectivity index (χ1) is 9.23. The van der Waals surface area contributed by atoms with Gasteiger partial charge in [0.15, 0.2) is 5.82 Å². The molecular formula is C13H25N5O. The molecule has 108 valence electrons. The second kappa shape index (κ2) is 8.66. The summed E-state index contributed by atoms with van der Waals surface area (Å²) in [4.78, 5) is 8.70. The van der Waals surface area contributed by atoms with Crippen molar-refractivity contribution < 1.29 is 4.74 Å². The predicted octanol–water partition coefficient (Wildman–Crippen LogP) is 2.29. The topological polar surface area (TPSA) is 85.1 Å². The number of hydrogen-bond acceptors (Lipinski definition) is 6. The van der Waals surface area contributed by atoms with E-state index in [0.717, 1.165) is 25.1 Å². The van der Waals surface area contributed by atoms with Crippen molar-refractivity contribution in [3.63, 3.8) is 0 Å². The number of rotatable bonds is 9. The molecule has 0 amide bonds. The van der Waals surface area contributed by atoms with Crippen molar-refractivity contribution in [3.05, 3.63) is 11.9 Å². The molecule has 0 saturated heterocycles. The third-order valence-corrected chi connectivity index (χ3v) is 2.84. The average molecular weight is 267 g/mol. The molecule has 1 aromatic rings. The zero-order valence-electron chi connectivity index (χ0n) is 12.1. The van der Waals surface area contributed by atoms with E-state index in [0.29, 0.717) is 30.9 Å². The smallest absolute Gasteiger partial charge is 0.158 e. The number of aromatic nitrogens is 2. The lowest BCUT2D eigenvalue weighted by molar-refractivity contribution is 0.128. The van der Waals surface area contributed by atoms with Gasteiger partial charge in [0, 0.05) is 18.7 Å². The van der Waals surface area contributed by atoms with Crippen LogP contribution in [0.15, 0.2) is 6.07 Å². The standard InChI is InChI=1S/C13H25N5O/c1-4-7-10(5-2)15-11-8-12(18-14)17-13(16-11)9-19-6-3/h8,10H,4-7,9,14H2,1-3H3,(H2,15,16,17,18). The Morgan fingerprint density at radius 2 is 2.00 bits per heavy atom. The predicted molar refractivity (Wildman–Crippen MR) is 77.8 cm³/mol. The highest BCUT2D eigenvalue weighted by Crippen LogP contribution is 2.15. The lowest BCUT2D eigenvalue weighted by Crippen LogP contribution is -2.20. The molecule has 19 heavy (non-hydrogen) atoms. The molecule has 0 radical (unpaired) electrons. The molecule has 4 N–H and O–H groups in total. The van der Waals surface area contributed by atoms with Crippen LogP contribution < -0.4 is 16.6 Å². The van der Waals surface area contributed by atoms with Gasteiger partial charge in [-0.3, -0.25) is 0 Å². The maximum Gasteiger partial charge on any atom is 0.158 e. The van der Waals surface area contributed by atoms with Crippen LogP contribution in [0, 0.1) is 0 Å². The van der Waals surface area contributed by atoms with E-state index in [4.69, 9.17) is 10.6 Å². The Labute approximate surface area is 115 Å². The molecule has 0 aliphatic rings. The molecule has 0 aromatic carbocycles. The minimum atomic E-state index is 0.394. The molecule has 1 heterocycles. The molecule has 0 aliphatic carbocycles. The minimum absolute atomic E-state index is 0.394. The van der Waals surface area contributed by atoms with E-state index in [1.807, 2.05) is 13.0 Å². The van der Waals surface area contributed by atoms with Crippen LogP contribution in [0.25, 0.3) is 0 Å². The quantitative estimate of drug-likeness (QED) is 0.470. The van der Waals surface area contributed by atoms with Gasteiger partial charge < -0.3 is 15.5 Å². The Hall–Kier alpha value is -1.40. The summed E-state index contributed by atoms with van der Waals surface area (Å²) in [7, 11) is 0. The molecule has 0 saturated carbocycles. The van der Waals surface area contributed by atoms with Gasteiger partial charge in [0.05, 0.1) is 0 Å². The van der Waals surface area contributed by atoms with Gasteiger partial charge in [0.1, 0.15) is 18.2 Å². The fourth-order valence-electron chi connectivity index (χ4n) is 1.84. The lowest BCUT2D eigenvalue weighted by atomic mass is 10.1. The zero-order chi connectivity index (χ0) is 14.1. The van der Waals surface area contributed by atoms with Crippen LogP contribution in [-0.4, -0.2) is 22.6 Å². The van der Waals surface area contributed by atoms with E-state index < -0.39 is 0 Å². The first kappa shape index (κ1) is 15.7. The number of anilines is 2. The summed E-state index contributed by atoms with van der Waals surface area (Å²) in [5.41, 5.74) is 2.56. The van der Waals surface area contributed by atoms with Gasteiger partial charge in [-0.25, -0.2) is 15.8 Å². The summed E-state index contributed by atoms with van der Waals surface area (Å²) in [5.74, 6) is 7.45. The number of ether oxygens (including phenoxy) is 1. The molecule has 0 aliphatic heterocycles. The maximum atomic E-state index is 5.43. The SMILES string of the molecule is CCCC(CC)Nc1cc(NN)nc(COCC)n1. The molecule has 6 heteroatoms. The first-order valence-electron chi connectivity index (χ1n) is 6.92. The van der Waals surface area contributed by atoms with Crippen LogP contribution in [-0.2, 0) is 11.3 Å². The van der Waals surface area contributed by atoms with Crippen molar-refractivity contribution in [1.82, 2.24) is 9.97 Å². The Kier molecular flexibility index (Phi) is 7.14. The minimum Gasteiger partial charge on any atom is -0.374 e. The summed E-state index contributed by atoms with van der Waals surface area (Å²) in [6, 6.07) is 2.23. The highest BCUT2D eigenvalue weighted by molar-refractivity contribution is 5.47. The molecule has 1 atom stereocenters. The van der Waals surface area contributed by atoms with E-state index in [2.05, 4.69) is 34.6 Å². The highest BCUT2D eigenvalue weighted by Gasteiger charge is 2.09. The van der Waals surface area contributed by atoms with Crippen LogP contribution >= 0.6 is 0 Å². The second-order valence-corrected chi connectivity index (χ2v) is 4.37. The van der Waals surface area contributed by atoms with Gasteiger partial charge in [-0.15, -0.1) is 0 Å². The normalized spacial score (nSPS) is 12.2. The Morgan fingerprint density at radius 3 is 2.58 bits per heavy atom. The molecule has 0 bridgehead atoms.